The Morgan fingerprint density at radius 2 is 0.477 bits per heavy atom. The molecular weight excluding hydrogens is 783 g/mol. The Hall–Kier alpha value is -1.60. The van der Waals surface area contributed by atoms with Gasteiger partial charge in [-0.2, -0.15) is 0 Å². The summed E-state index contributed by atoms with van der Waals surface area (Å²) in [7, 11) is 0. The second kappa shape index (κ2) is 51.8. The monoisotopic (exact) mass is 901 g/mol. The molecule has 0 aliphatic carbocycles. The lowest BCUT2D eigenvalue weighted by Gasteiger charge is -2.39. The molecule has 0 saturated carbocycles. The molecule has 0 spiro atoms. The molecule has 0 N–H and O–H groups in total. The zero-order valence-electron chi connectivity index (χ0n) is 44.9. The van der Waals surface area contributed by atoms with Gasteiger partial charge in [-0.25, -0.2) is 0 Å². The molecule has 0 radical (unpaired) electrons. The van der Waals surface area contributed by atoms with Crippen LogP contribution >= 0.6 is 0 Å². The van der Waals surface area contributed by atoms with Crippen LogP contribution in [0.4, 0.5) is 0 Å². The van der Waals surface area contributed by atoms with Crippen molar-refractivity contribution in [1.29, 1.82) is 0 Å². The fourth-order valence-corrected chi connectivity index (χ4v) is 10.2. The Kier molecular flexibility index (Phi) is 48.9. The maximum Gasteiger partial charge on any atom is 0.104 e. The van der Waals surface area contributed by atoms with E-state index in [0.29, 0.717) is 0 Å². The van der Waals surface area contributed by atoms with E-state index < -0.39 is 0 Å². The summed E-state index contributed by atoms with van der Waals surface area (Å²) in [4.78, 5) is 0. The molecule has 1 heteroatoms. The van der Waals surface area contributed by atoms with Crippen molar-refractivity contribution in [3.05, 3.63) is 72.4 Å². The van der Waals surface area contributed by atoms with Gasteiger partial charge in [-0.05, 0) is 116 Å². The lowest BCUT2D eigenvalue weighted by Crippen LogP contribution is -2.49. The van der Waals surface area contributed by atoms with Crippen LogP contribution in [-0.2, 0) is 6.54 Å². The van der Waals surface area contributed by atoms with E-state index in [0.717, 1.165) is 0 Å². The lowest BCUT2D eigenvalue weighted by molar-refractivity contribution is -0.941. The van der Waals surface area contributed by atoms with Crippen LogP contribution in [0.15, 0.2) is 66.8 Å². The van der Waals surface area contributed by atoms with Crippen LogP contribution < -0.4 is 0 Å². The van der Waals surface area contributed by atoms with Gasteiger partial charge in [0.05, 0.1) is 19.6 Å². The average Bonchev–Trinajstić information content (AvgIpc) is 3.32. The Bertz CT molecular complexity index is 1010. The number of rotatable bonds is 53. The standard InChI is InChI=1S/C64H118N/c1-4-7-10-13-16-19-22-25-28-31-34-37-40-43-46-49-55-60-65(63-64-58-53-52-54-59-64,61-56-50-47-44-41-38-35-32-29-26-23-20-17-14-11-8-5-2)62-57-51-48-45-42-39-36-33-30-27-24-21-18-15-12-9-6-3/h31-36,52-54,58-59H,4-30,37-51,55-57,60-63H2,1-3H3/q+1/b34-31+,35-32+,36-33+. The van der Waals surface area contributed by atoms with Crippen molar-refractivity contribution >= 4 is 0 Å². The summed E-state index contributed by atoms with van der Waals surface area (Å²) in [6.07, 6.45) is 77.9. The molecule has 378 valence electrons. The number of unbranched alkanes of at least 4 members (excludes halogenated alkanes) is 39. The first-order valence-corrected chi connectivity index (χ1v) is 30.1. The topological polar surface area (TPSA) is 0 Å². The molecule has 0 heterocycles. The first-order valence-electron chi connectivity index (χ1n) is 30.1. The molecule has 1 nitrogen and oxygen atoms in total. The van der Waals surface area contributed by atoms with E-state index in [9.17, 15) is 0 Å². The highest BCUT2D eigenvalue weighted by Gasteiger charge is 2.26. The molecule has 0 atom stereocenters. The van der Waals surface area contributed by atoms with Crippen LogP contribution in [0.5, 0.6) is 0 Å². The summed E-state index contributed by atoms with van der Waals surface area (Å²) in [6, 6.07) is 11.6. The molecule has 0 amide bonds. The number of hydrogen-bond donors (Lipinski definition) is 0. The maximum absolute atomic E-state index is 2.49. The summed E-state index contributed by atoms with van der Waals surface area (Å²) >= 11 is 0. The van der Waals surface area contributed by atoms with Crippen LogP contribution in [0.1, 0.15) is 315 Å². The quantitative estimate of drug-likeness (QED) is 0.0347. The second-order valence-corrected chi connectivity index (χ2v) is 21.0. The van der Waals surface area contributed by atoms with E-state index in [1.165, 1.54) is 320 Å². The fraction of sp³-hybridized carbons (Fsp3) is 0.812. The van der Waals surface area contributed by atoms with Crippen molar-refractivity contribution < 1.29 is 4.48 Å². The third-order valence-electron chi connectivity index (χ3n) is 14.5. The number of nitrogens with zero attached hydrogens (tertiary/aromatic N) is 1. The normalized spacial score (nSPS) is 12.3. The minimum Gasteiger partial charge on any atom is -0.320 e. The molecule has 1 aromatic rings. The van der Waals surface area contributed by atoms with Gasteiger partial charge in [-0.15, -0.1) is 0 Å². The average molecular weight is 902 g/mol. The molecule has 0 aliphatic heterocycles. The number of hydrogen-bond acceptors (Lipinski definition) is 0. The van der Waals surface area contributed by atoms with Crippen molar-refractivity contribution in [2.75, 3.05) is 19.6 Å². The Morgan fingerprint density at radius 1 is 0.262 bits per heavy atom. The van der Waals surface area contributed by atoms with Crippen LogP contribution in [0.3, 0.4) is 0 Å². The van der Waals surface area contributed by atoms with Crippen molar-refractivity contribution in [2.45, 2.75) is 316 Å². The van der Waals surface area contributed by atoms with Crippen LogP contribution in [0.25, 0.3) is 0 Å². The molecule has 0 saturated heterocycles. The molecule has 0 unspecified atom stereocenters. The zero-order valence-corrected chi connectivity index (χ0v) is 44.9. The van der Waals surface area contributed by atoms with E-state index in [4.69, 9.17) is 0 Å². The summed E-state index contributed by atoms with van der Waals surface area (Å²) in [6.45, 7) is 12.3. The van der Waals surface area contributed by atoms with Gasteiger partial charge in [0.15, 0.2) is 0 Å². The van der Waals surface area contributed by atoms with Gasteiger partial charge < -0.3 is 4.48 Å². The van der Waals surface area contributed by atoms with E-state index in [1.807, 2.05) is 0 Å². The van der Waals surface area contributed by atoms with Crippen molar-refractivity contribution in [3.8, 4) is 0 Å². The summed E-state index contributed by atoms with van der Waals surface area (Å²) < 4.78 is 1.33. The number of quaternary nitrogens is 1. The molecule has 65 heavy (non-hydrogen) atoms. The van der Waals surface area contributed by atoms with Gasteiger partial charge in [0.1, 0.15) is 6.54 Å². The molecule has 0 aromatic heterocycles. The number of benzene rings is 1. The Labute approximate surface area is 410 Å². The summed E-state index contributed by atoms with van der Waals surface area (Å²) in [5.74, 6) is 0. The first-order chi connectivity index (χ1) is 32.3. The zero-order chi connectivity index (χ0) is 46.5. The van der Waals surface area contributed by atoms with Crippen LogP contribution in [-0.4, -0.2) is 24.1 Å². The van der Waals surface area contributed by atoms with Gasteiger partial charge in [-0.1, -0.05) is 261 Å². The minimum atomic E-state index is 1.23. The Balaban J connectivity index is 2.50. The van der Waals surface area contributed by atoms with Gasteiger partial charge in [0.25, 0.3) is 0 Å². The predicted molar refractivity (Wildman–Crippen MR) is 297 cm³/mol. The summed E-state index contributed by atoms with van der Waals surface area (Å²) in [5.41, 5.74) is 1.56. The van der Waals surface area contributed by atoms with Crippen molar-refractivity contribution in [3.63, 3.8) is 0 Å². The van der Waals surface area contributed by atoms with Crippen molar-refractivity contribution in [1.82, 2.24) is 0 Å². The third kappa shape index (κ3) is 44.7. The lowest BCUT2D eigenvalue weighted by atomic mass is 10.0. The minimum absolute atomic E-state index is 1.23. The van der Waals surface area contributed by atoms with E-state index in [2.05, 4.69) is 87.6 Å². The highest BCUT2D eigenvalue weighted by molar-refractivity contribution is 5.13. The van der Waals surface area contributed by atoms with Gasteiger partial charge >= 0.3 is 0 Å². The van der Waals surface area contributed by atoms with Gasteiger partial charge in [0.2, 0.25) is 0 Å². The highest BCUT2D eigenvalue weighted by atomic mass is 15.3. The molecule has 0 bridgehead atoms. The molecule has 1 rings (SSSR count). The predicted octanol–water partition coefficient (Wildman–Crippen LogP) is 22.3. The SMILES string of the molecule is CCCCCCCCCC/C=C/CCCCCCC[N+](CCCCCCC/C=C/CCCCCCCCCC)(CCCCCCC/C=C/CCCCCCCCCC)Cc1ccccc1. The highest BCUT2D eigenvalue weighted by Crippen LogP contribution is 2.23. The van der Waals surface area contributed by atoms with E-state index >= 15 is 0 Å². The molecule has 0 aliphatic rings. The molecular formula is C64H118N+. The third-order valence-corrected chi connectivity index (χ3v) is 14.5. The summed E-state index contributed by atoms with van der Waals surface area (Å²) in [5, 5.41) is 0. The Morgan fingerprint density at radius 3 is 0.723 bits per heavy atom. The van der Waals surface area contributed by atoms with Crippen LogP contribution in [0.2, 0.25) is 0 Å². The first kappa shape index (κ1) is 61.4. The second-order valence-electron chi connectivity index (χ2n) is 21.0. The smallest absolute Gasteiger partial charge is 0.104 e. The van der Waals surface area contributed by atoms with Crippen LogP contribution in [0, 0.1) is 0 Å². The fourth-order valence-electron chi connectivity index (χ4n) is 10.2. The molecule has 1 aromatic carbocycles. The number of allylic oxidation sites excluding steroid dienone is 6. The molecule has 0 fully saturated rings. The van der Waals surface area contributed by atoms with E-state index in [1.54, 1.807) is 5.56 Å². The van der Waals surface area contributed by atoms with Crippen molar-refractivity contribution in [2.24, 2.45) is 0 Å². The van der Waals surface area contributed by atoms with Gasteiger partial charge in [0, 0.05) is 5.56 Å². The van der Waals surface area contributed by atoms with E-state index in [-0.39, 0.29) is 0 Å². The largest absolute Gasteiger partial charge is 0.320 e. The van der Waals surface area contributed by atoms with Gasteiger partial charge in [-0.3, -0.25) is 0 Å². The maximum atomic E-state index is 2.49.